The van der Waals surface area contributed by atoms with E-state index in [1.54, 1.807) is 0 Å². The van der Waals surface area contributed by atoms with Crippen molar-refractivity contribution in [2.24, 2.45) is 0 Å². The summed E-state index contributed by atoms with van der Waals surface area (Å²) in [6.07, 6.45) is 2.38. The smallest absolute Gasteiger partial charge is 0.256 e. The summed E-state index contributed by atoms with van der Waals surface area (Å²) in [7, 11) is 1.35. The van der Waals surface area contributed by atoms with Crippen molar-refractivity contribution >= 4 is 18.5 Å². The molecule has 2 bridgehead atoms. The van der Waals surface area contributed by atoms with Crippen molar-refractivity contribution < 1.29 is 13.9 Å². The fourth-order valence-electron chi connectivity index (χ4n) is 3.12. The molecule has 2 fully saturated rings. The highest BCUT2D eigenvalue weighted by Gasteiger charge is 2.47. The van der Waals surface area contributed by atoms with E-state index in [0.29, 0.717) is 0 Å². The van der Waals surface area contributed by atoms with E-state index in [-0.39, 0.29) is 34.8 Å². The third-order valence-electron chi connectivity index (χ3n) is 4.23. The molecule has 1 amide bonds. The first kappa shape index (κ1) is 14.6. The van der Waals surface area contributed by atoms with Gasteiger partial charge >= 0.3 is 0 Å². The molecule has 0 aromatic carbocycles. The number of rotatable bonds is 3. The molecule has 7 heteroatoms. The van der Waals surface area contributed by atoms with E-state index in [0.717, 1.165) is 19.5 Å². The molecular weight excluding hydrogens is 293 g/mol. The maximum Gasteiger partial charge on any atom is 0.256 e. The van der Waals surface area contributed by atoms with Gasteiger partial charge in [-0.1, -0.05) is 0 Å². The summed E-state index contributed by atoms with van der Waals surface area (Å²) in [5, 5.41) is 0.188. The van der Waals surface area contributed by atoms with Gasteiger partial charge in [-0.15, -0.1) is 0 Å². The maximum atomic E-state index is 13.7. The molecule has 5 nitrogen and oxygen atoms in total. The number of amides is 1. The number of hydrogen-bond donors (Lipinski definition) is 1. The van der Waals surface area contributed by atoms with Gasteiger partial charge in [-0.25, -0.2) is 9.37 Å². The molecule has 3 heterocycles. The van der Waals surface area contributed by atoms with Crippen LogP contribution in [-0.2, 0) is 0 Å². The maximum absolute atomic E-state index is 13.7. The van der Waals surface area contributed by atoms with Gasteiger partial charge in [-0.2, -0.15) is 12.6 Å². The molecule has 0 aliphatic carbocycles. The van der Waals surface area contributed by atoms with E-state index in [1.807, 2.05) is 11.8 Å². The monoisotopic (exact) mass is 311 g/mol. The highest BCUT2D eigenvalue weighted by atomic mass is 32.1. The minimum absolute atomic E-state index is 0.0922. The third-order valence-corrected chi connectivity index (χ3v) is 4.56. The molecule has 0 radical (unpaired) electrons. The Balaban J connectivity index is 1.74. The van der Waals surface area contributed by atoms with Crippen LogP contribution in [0.4, 0.5) is 4.39 Å². The van der Waals surface area contributed by atoms with Crippen LogP contribution in [0.5, 0.6) is 5.88 Å². The van der Waals surface area contributed by atoms with Crippen molar-refractivity contribution in [3.05, 3.63) is 23.6 Å². The molecule has 3 unspecified atom stereocenters. The molecule has 0 saturated carbocycles. The number of pyridine rings is 1. The zero-order valence-corrected chi connectivity index (χ0v) is 12.9. The normalized spacial score (nSPS) is 26.2. The van der Waals surface area contributed by atoms with Crippen molar-refractivity contribution in [3.8, 4) is 5.88 Å². The Morgan fingerprint density at radius 1 is 1.52 bits per heavy atom. The summed E-state index contributed by atoms with van der Waals surface area (Å²) >= 11 is 4.44. The van der Waals surface area contributed by atoms with Gasteiger partial charge in [-0.05, 0) is 19.4 Å². The summed E-state index contributed by atoms with van der Waals surface area (Å²) in [5.74, 6) is -0.859. The molecule has 2 aliphatic rings. The first-order valence-corrected chi connectivity index (χ1v) is 7.47. The van der Waals surface area contributed by atoms with E-state index < -0.39 is 5.82 Å². The number of carbonyl (C=O) groups excluding carboxylic acids is 1. The number of carbonyl (C=O) groups is 1. The summed E-state index contributed by atoms with van der Waals surface area (Å²) in [4.78, 5) is 20.4. The van der Waals surface area contributed by atoms with E-state index in [9.17, 15) is 9.18 Å². The summed E-state index contributed by atoms with van der Waals surface area (Å²) in [6, 6.07) is 1.58. The fraction of sp³-hybridized carbons (Fsp3) is 0.571. The Hall–Kier alpha value is -1.34. The SMILES string of the molecule is COc1ncc(C(=O)N2C3CC2CN(C(C)S)C3)cc1F. The Labute approximate surface area is 128 Å². The van der Waals surface area contributed by atoms with Crippen molar-refractivity contribution in [2.75, 3.05) is 20.2 Å². The molecule has 21 heavy (non-hydrogen) atoms. The predicted octanol–water partition coefficient (Wildman–Crippen LogP) is 1.40. The van der Waals surface area contributed by atoms with Crippen molar-refractivity contribution in [3.63, 3.8) is 0 Å². The Morgan fingerprint density at radius 3 is 2.71 bits per heavy atom. The molecule has 0 spiro atoms. The zero-order valence-electron chi connectivity index (χ0n) is 12.0. The van der Waals surface area contributed by atoms with E-state index in [1.165, 1.54) is 19.4 Å². The number of piperazine rings is 1. The molecule has 3 atom stereocenters. The summed E-state index contributed by atoms with van der Waals surface area (Å²) < 4.78 is 18.4. The van der Waals surface area contributed by atoms with Crippen LogP contribution in [-0.4, -0.2) is 58.3 Å². The lowest BCUT2D eigenvalue weighted by molar-refractivity contribution is -0.0491. The number of piperidine rings is 1. The van der Waals surface area contributed by atoms with Crippen LogP contribution < -0.4 is 4.74 Å². The highest BCUT2D eigenvalue weighted by molar-refractivity contribution is 7.80. The minimum atomic E-state index is -0.611. The van der Waals surface area contributed by atoms with E-state index >= 15 is 0 Å². The Kier molecular flexibility index (Phi) is 3.79. The van der Waals surface area contributed by atoms with Crippen LogP contribution in [0.1, 0.15) is 23.7 Å². The number of likely N-dealkylation sites (tertiary alicyclic amines) is 2. The molecule has 2 aliphatic heterocycles. The van der Waals surface area contributed by atoms with Gasteiger partial charge < -0.3 is 9.64 Å². The lowest BCUT2D eigenvalue weighted by atomic mass is 9.86. The number of halogens is 1. The zero-order chi connectivity index (χ0) is 15.1. The quantitative estimate of drug-likeness (QED) is 0.857. The fourth-order valence-corrected chi connectivity index (χ4v) is 3.31. The summed E-state index contributed by atoms with van der Waals surface area (Å²) in [6.45, 7) is 3.67. The number of thiol groups is 1. The van der Waals surface area contributed by atoms with Crippen LogP contribution in [0, 0.1) is 5.82 Å². The Bertz CT molecular complexity index is 557. The second kappa shape index (κ2) is 5.46. The van der Waals surface area contributed by atoms with Crippen molar-refractivity contribution in [2.45, 2.75) is 30.8 Å². The second-order valence-corrected chi connectivity index (χ2v) is 6.30. The number of hydrogen-bond acceptors (Lipinski definition) is 5. The number of ether oxygens (including phenoxy) is 1. The van der Waals surface area contributed by atoms with Crippen LogP contribution in [0.25, 0.3) is 0 Å². The van der Waals surface area contributed by atoms with Gasteiger partial charge in [0, 0.05) is 31.4 Å². The first-order chi connectivity index (χ1) is 10.0. The number of aromatic nitrogens is 1. The molecule has 1 aromatic heterocycles. The highest BCUT2D eigenvalue weighted by Crippen LogP contribution is 2.35. The van der Waals surface area contributed by atoms with Gasteiger partial charge in [0.2, 0.25) is 5.88 Å². The van der Waals surface area contributed by atoms with Gasteiger partial charge in [0.1, 0.15) is 0 Å². The molecule has 3 rings (SSSR count). The van der Waals surface area contributed by atoms with Crippen LogP contribution in [0.3, 0.4) is 0 Å². The lowest BCUT2D eigenvalue weighted by Gasteiger charge is -2.57. The number of methoxy groups -OCH3 is 1. The number of nitrogens with zero attached hydrogens (tertiary/aromatic N) is 3. The molecule has 2 saturated heterocycles. The average molecular weight is 311 g/mol. The topological polar surface area (TPSA) is 45.7 Å². The predicted molar refractivity (Wildman–Crippen MR) is 79.1 cm³/mol. The van der Waals surface area contributed by atoms with Gasteiger partial charge in [0.25, 0.3) is 5.91 Å². The van der Waals surface area contributed by atoms with E-state index in [2.05, 4.69) is 22.5 Å². The Morgan fingerprint density at radius 2 is 2.19 bits per heavy atom. The average Bonchev–Trinajstić information content (AvgIpc) is 2.47. The van der Waals surface area contributed by atoms with Gasteiger partial charge in [-0.3, -0.25) is 9.69 Å². The van der Waals surface area contributed by atoms with Crippen molar-refractivity contribution in [1.29, 1.82) is 0 Å². The van der Waals surface area contributed by atoms with E-state index in [4.69, 9.17) is 4.74 Å². The van der Waals surface area contributed by atoms with Crippen LogP contribution in [0.15, 0.2) is 12.3 Å². The molecule has 0 N–H and O–H groups in total. The lowest BCUT2D eigenvalue weighted by Crippen LogP contribution is -2.70. The summed E-state index contributed by atoms with van der Waals surface area (Å²) in [5.41, 5.74) is 0.273. The number of fused-ring (bicyclic) bond motifs is 2. The first-order valence-electron chi connectivity index (χ1n) is 6.95. The largest absolute Gasteiger partial charge is 0.479 e. The third kappa shape index (κ3) is 2.48. The minimum Gasteiger partial charge on any atom is -0.479 e. The molecular formula is C14H18FN3O2S. The second-order valence-electron chi connectivity index (χ2n) is 5.56. The standard InChI is InChI=1S/C14H18FN3O2S/c1-8(21)17-6-10-4-11(7-17)18(10)14(19)9-3-12(15)13(20-2)16-5-9/h3,5,8,10-11,21H,4,6-7H2,1-2H3. The van der Waals surface area contributed by atoms with Crippen molar-refractivity contribution in [1.82, 2.24) is 14.8 Å². The van der Waals surface area contributed by atoms with Gasteiger partial charge in [0.05, 0.1) is 18.0 Å². The molecule has 1 aromatic rings. The van der Waals surface area contributed by atoms with Crippen LogP contribution in [0.2, 0.25) is 0 Å². The van der Waals surface area contributed by atoms with Crippen LogP contribution >= 0.6 is 12.6 Å². The molecule has 114 valence electrons. The van der Waals surface area contributed by atoms with Gasteiger partial charge in [0.15, 0.2) is 5.82 Å².